The number of benzene rings is 1. The second-order valence-electron chi connectivity index (χ2n) is 2.46. The van der Waals surface area contributed by atoms with Gasteiger partial charge in [-0.2, -0.15) is 0 Å². The smallest absolute Gasteiger partial charge is 0.410 e. The van der Waals surface area contributed by atoms with Crippen LogP contribution in [0, 0.1) is 0 Å². The highest BCUT2D eigenvalue weighted by Crippen LogP contribution is 2.16. The van der Waals surface area contributed by atoms with E-state index in [4.69, 9.17) is 27.9 Å². The summed E-state index contributed by atoms with van der Waals surface area (Å²) in [5.74, 6) is 0.759. The molecule has 3 nitrogen and oxygen atoms in total. The third-order valence-corrected chi connectivity index (χ3v) is 1.79. The van der Waals surface area contributed by atoms with Gasteiger partial charge in [0.2, 0.25) is 0 Å². The lowest BCUT2D eigenvalue weighted by Gasteiger charge is -2.04. The van der Waals surface area contributed by atoms with Crippen LogP contribution in [0.1, 0.15) is 0 Å². The standard InChI is InChI=1S/C9H9Cl2NO2/c10-4-5-12-9(13)14-8-3-1-2-7(11)6-8/h1-3,6H,4-5H2,(H,12,13). The van der Waals surface area contributed by atoms with Crippen molar-refractivity contribution in [3.8, 4) is 5.75 Å². The van der Waals surface area contributed by atoms with Crippen molar-refractivity contribution in [3.05, 3.63) is 29.3 Å². The van der Waals surface area contributed by atoms with E-state index in [0.29, 0.717) is 23.2 Å². The lowest BCUT2D eigenvalue weighted by atomic mass is 10.3. The molecule has 14 heavy (non-hydrogen) atoms. The number of carbonyl (C=O) groups excluding carboxylic acids is 1. The largest absolute Gasteiger partial charge is 0.412 e. The van der Waals surface area contributed by atoms with Crippen molar-refractivity contribution in [2.24, 2.45) is 0 Å². The van der Waals surface area contributed by atoms with Gasteiger partial charge in [-0.05, 0) is 18.2 Å². The Bertz CT molecular complexity index is 317. The quantitative estimate of drug-likeness (QED) is 0.816. The molecule has 1 aromatic carbocycles. The van der Waals surface area contributed by atoms with Crippen LogP contribution < -0.4 is 10.1 Å². The number of hydrogen-bond donors (Lipinski definition) is 1. The lowest BCUT2D eigenvalue weighted by molar-refractivity contribution is 0.201. The summed E-state index contributed by atoms with van der Waals surface area (Å²) < 4.78 is 4.90. The maximum absolute atomic E-state index is 11.0. The summed E-state index contributed by atoms with van der Waals surface area (Å²) in [5.41, 5.74) is 0. The Labute approximate surface area is 92.0 Å². The van der Waals surface area contributed by atoms with Gasteiger partial charge in [-0.15, -0.1) is 11.6 Å². The molecule has 5 heteroatoms. The van der Waals surface area contributed by atoms with Crippen molar-refractivity contribution in [1.82, 2.24) is 5.32 Å². The molecule has 0 radical (unpaired) electrons. The van der Waals surface area contributed by atoms with Crippen molar-refractivity contribution < 1.29 is 9.53 Å². The predicted molar refractivity (Wildman–Crippen MR) is 56.2 cm³/mol. The number of nitrogens with one attached hydrogen (secondary N) is 1. The summed E-state index contributed by atoms with van der Waals surface area (Å²) in [6.07, 6.45) is -0.534. The molecule has 0 aliphatic rings. The minimum atomic E-state index is -0.534. The number of alkyl halides is 1. The summed E-state index contributed by atoms with van der Waals surface area (Å²) in [6.45, 7) is 0.376. The van der Waals surface area contributed by atoms with Gasteiger partial charge in [0, 0.05) is 17.4 Å². The number of amides is 1. The highest BCUT2D eigenvalue weighted by Gasteiger charge is 2.02. The Kier molecular flexibility index (Phi) is 4.56. The molecule has 76 valence electrons. The average molecular weight is 234 g/mol. The normalized spacial score (nSPS) is 9.57. The second-order valence-corrected chi connectivity index (χ2v) is 3.28. The van der Waals surface area contributed by atoms with E-state index in [2.05, 4.69) is 5.32 Å². The zero-order chi connectivity index (χ0) is 10.4. The van der Waals surface area contributed by atoms with Crippen molar-refractivity contribution >= 4 is 29.3 Å². The predicted octanol–water partition coefficient (Wildman–Crippen LogP) is 2.67. The van der Waals surface area contributed by atoms with Crippen LogP contribution in [-0.2, 0) is 0 Å². The highest BCUT2D eigenvalue weighted by molar-refractivity contribution is 6.30. The molecule has 0 aromatic heterocycles. The first-order valence-corrected chi connectivity index (χ1v) is 4.91. The van der Waals surface area contributed by atoms with E-state index >= 15 is 0 Å². The van der Waals surface area contributed by atoms with Crippen LogP contribution in [-0.4, -0.2) is 18.5 Å². The van der Waals surface area contributed by atoms with Gasteiger partial charge < -0.3 is 10.1 Å². The summed E-state index contributed by atoms with van der Waals surface area (Å²) in [7, 11) is 0. The monoisotopic (exact) mass is 233 g/mol. The van der Waals surface area contributed by atoms with Gasteiger partial charge >= 0.3 is 6.09 Å². The van der Waals surface area contributed by atoms with Crippen LogP contribution >= 0.6 is 23.2 Å². The van der Waals surface area contributed by atoms with Gasteiger partial charge in [-0.1, -0.05) is 17.7 Å². The number of hydrogen-bond acceptors (Lipinski definition) is 2. The van der Waals surface area contributed by atoms with Gasteiger partial charge in [0.25, 0.3) is 0 Å². The molecule has 1 amide bonds. The Hall–Kier alpha value is -0.930. The first kappa shape index (κ1) is 11.1. The van der Waals surface area contributed by atoms with Crippen LogP contribution in [0.5, 0.6) is 5.75 Å². The molecule has 0 atom stereocenters. The maximum atomic E-state index is 11.0. The fraction of sp³-hybridized carbons (Fsp3) is 0.222. The summed E-state index contributed by atoms with van der Waals surface area (Å²) in [6, 6.07) is 6.60. The van der Waals surface area contributed by atoms with Crippen LogP contribution in [0.3, 0.4) is 0 Å². The van der Waals surface area contributed by atoms with Crippen molar-refractivity contribution in [2.75, 3.05) is 12.4 Å². The lowest BCUT2D eigenvalue weighted by Crippen LogP contribution is -2.28. The van der Waals surface area contributed by atoms with Gasteiger partial charge in [-0.25, -0.2) is 4.79 Å². The number of rotatable bonds is 3. The molecule has 0 bridgehead atoms. The molecular formula is C9H9Cl2NO2. The van der Waals surface area contributed by atoms with Gasteiger partial charge in [-0.3, -0.25) is 0 Å². The zero-order valence-electron chi connectivity index (χ0n) is 7.30. The fourth-order valence-corrected chi connectivity index (χ4v) is 1.10. The first-order chi connectivity index (χ1) is 6.72. The van der Waals surface area contributed by atoms with E-state index in [-0.39, 0.29) is 0 Å². The Morgan fingerprint density at radius 3 is 2.93 bits per heavy atom. The van der Waals surface area contributed by atoms with E-state index in [0.717, 1.165) is 0 Å². The molecule has 0 fully saturated rings. The second kappa shape index (κ2) is 5.73. The molecule has 0 aliphatic heterocycles. The molecule has 0 unspecified atom stereocenters. The van der Waals surface area contributed by atoms with Crippen LogP contribution in [0.25, 0.3) is 0 Å². The molecule has 1 rings (SSSR count). The Balaban J connectivity index is 2.47. The number of halogens is 2. The molecule has 0 aliphatic carbocycles. The SMILES string of the molecule is O=C(NCCCl)Oc1cccc(Cl)c1. The molecule has 1 N–H and O–H groups in total. The number of ether oxygens (including phenoxy) is 1. The molecule has 1 aromatic rings. The van der Waals surface area contributed by atoms with E-state index in [1.807, 2.05) is 0 Å². The van der Waals surface area contributed by atoms with E-state index in [1.165, 1.54) is 0 Å². The van der Waals surface area contributed by atoms with E-state index < -0.39 is 6.09 Å². The highest BCUT2D eigenvalue weighted by atomic mass is 35.5. The average Bonchev–Trinajstić information content (AvgIpc) is 2.15. The minimum Gasteiger partial charge on any atom is -0.410 e. The Morgan fingerprint density at radius 2 is 2.29 bits per heavy atom. The third-order valence-electron chi connectivity index (χ3n) is 1.37. The van der Waals surface area contributed by atoms with Gasteiger partial charge in [0.05, 0.1) is 0 Å². The molecule has 0 heterocycles. The van der Waals surface area contributed by atoms with Crippen molar-refractivity contribution in [2.45, 2.75) is 0 Å². The van der Waals surface area contributed by atoms with Gasteiger partial charge in [0.1, 0.15) is 5.75 Å². The van der Waals surface area contributed by atoms with E-state index in [9.17, 15) is 4.79 Å². The maximum Gasteiger partial charge on any atom is 0.412 e. The third kappa shape index (κ3) is 3.85. The van der Waals surface area contributed by atoms with E-state index in [1.54, 1.807) is 24.3 Å². The first-order valence-electron chi connectivity index (χ1n) is 3.99. The molecule has 0 saturated carbocycles. The van der Waals surface area contributed by atoms with Crippen LogP contribution in [0.2, 0.25) is 5.02 Å². The summed E-state index contributed by atoms with van der Waals surface area (Å²) in [4.78, 5) is 11.0. The topological polar surface area (TPSA) is 38.3 Å². The molecule has 0 saturated heterocycles. The van der Waals surface area contributed by atoms with Gasteiger partial charge in [0.15, 0.2) is 0 Å². The Morgan fingerprint density at radius 1 is 1.50 bits per heavy atom. The molecule has 0 spiro atoms. The minimum absolute atomic E-state index is 0.352. The van der Waals surface area contributed by atoms with Crippen molar-refractivity contribution in [3.63, 3.8) is 0 Å². The zero-order valence-corrected chi connectivity index (χ0v) is 8.81. The van der Waals surface area contributed by atoms with Crippen LogP contribution in [0.15, 0.2) is 24.3 Å². The van der Waals surface area contributed by atoms with Crippen LogP contribution in [0.4, 0.5) is 4.79 Å². The summed E-state index contributed by atoms with van der Waals surface area (Å²) >= 11 is 11.1. The molecular weight excluding hydrogens is 225 g/mol. The number of carbonyl (C=O) groups is 1. The summed E-state index contributed by atoms with van der Waals surface area (Å²) in [5, 5.41) is 2.99. The van der Waals surface area contributed by atoms with Crippen molar-refractivity contribution in [1.29, 1.82) is 0 Å². The fourth-order valence-electron chi connectivity index (χ4n) is 0.823.